The maximum Gasteiger partial charge on any atom is 0.262 e. The number of aliphatic imine (C=N–C) groups is 1. The third kappa shape index (κ3) is 5.56. The Labute approximate surface area is 218 Å². The zero-order valence-corrected chi connectivity index (χ0v) is 21.2. The lowest BCUT2D eigenvalue weighted by Crippen LogP contribution is -2.25. The van der Waals surface area contributed by atoms with E-state index in [1.807, 2.05) is 31.2 Å². The van der Waals surface area contributed by atoms with E-state index in [-0.39, 0.29) is 30.1 Å². The average molecular weight is 517 g/mol. The van der Waals surface area contributed by atoms with Crippen LogP contribution in [-0.2, 0) is 9.59 Å². The van der Waals surface area contributed by atoms with E-state index in [2.05, 4.69) is 10.3 Å². The predicted molar refractivity (Wildman–Crippen MR) is 143 cm³/mol. The van der Waals surface area contributed by atoms with Gasteiger partial charge in [-0.15, -0.1) is 0 Å². The molecule has 3 aromatic rings. The number of rotatable bonds is 6. The molecular weight excluding hydrogens is 491 g/mol. The number of halogens is 1. The molecule has 188 valence electrons. The number of amidine groups is 1. The Balaban J connectivity index is 1.33. The van der Waals surface area contributed by atoms with E-state index in [1.54, 1.807) is 48.5 Å². The number of nitrogens with zero attached hydrogens (tertiary/aromatic N) is 3. The Hall–Kier alpha value is -3.98. The summed E-state index contributed by atoms with van der Waals surface area (Å²) in [4.78, 5) is 29.7. The number of aryl methyl sites for hydroxylation is 1. The van der Waals surface area contributed by atoms with Crippen LogP contribution in [0, 0.1) is 12.7 Å². The molecule has 0 unspecified atom stereocenters. The number of amides is 2. The number of ether oxygens (including phenoxy) is 1. The van der Waals surface area contributed by atoms with E-state index in [4.69, 9.17) is 9.84 Å². The van der Waals surface area contributed by atoms with Gasteiger partial charge in [0.1, 0.15) is 16.8 Å². The number of anilines is 1. The van der Waals surface area contributed by atoms with Gasteiger partial charge in [0.25, 0.3) is 5.91 Å². The Morgan fingerprint density at radius 2 is 1.78 bits per heavy atom. The summed E-state index contributed by atoms with van der Waals surface area (Å²) in [6.45, 7) is 2.02. The Morgan fingerprint density at radius 3 is 2.46 bits per heavy atom. The van der Waals surface area contributed by atoms with Crippen LogP contribution in [0.5, 0.6) is 5.75 Å². The minimum Gasteiger partial charge on any atom is -0.497 e. The van der Waals surface area contributed by atoms with Gasteiger partial charge in [0.15, 0.2) is 5.17 Å². The van der Waals surface area contributed by atoms with Crippen LogP contribution in [0.3, 0.4) is 0 Å². The van der Waals surface area contributed by atoms with Crippen LogP contribution in [0.15, 0.2) is 82.9 Å². The molecule has 9 heteroatoms. The number of hydrogen-bond donors (Lipinski definition) is 1. The molecule has 7 nitrogen and oxygen atoms in total. The molecule has 2 atom stereocenters. The number of hydrogen-bond acceptors (Lipinski definition) is 6. The van der Waals surface area contributed by atoms with E-state index >= 15 is 0 Å². The van der Waals surface area contributed by atoms with Crippen LogP contribution >= 0.6 is 11.8 Å². The van der Waals surface area contributed by atoms with Crippen molar-refractivity contribution in [1.82, 2.24) is 5.01 Å². The van der Waals surface area contributed by atoms with Gasteiger partial charge in [0.05, 0.1) is 18.9 Å². The van der Waals surface area contributed by atoms with Gasteiger partial charge in [-0.1, -0.05) is 53.7 Å². The molecular formula is C28H25FN4O3S. The van der Waals surface area contributed by atoms with Crippen molar-refractivity contribution in [3.05, 3.63) is 95.3 Å². The maximum atomic E-state index is 13.5. The summed E-state index contributed by atoms with van der Waals surface area (Å²) in [5, 5.41) is 9.18. The number of carbonyl (C=O) groups is 2. The largest absolute Gasteiger partial charge is 0.497 e. The fourth-order valence-electron chi connectivity index (χ4n) is 4.21. The Morgan fingerprint density at radius 1 is 1.08 bits per heavy atom. The van der Waals surface area contributed by atoms with E-state index < -0.39 is 5.25 Å². The van der Waals surface area contributed by atoms with Crippen molar-refractivity contribution in [2.75, 3.05) is 12.4 Å². The number of benzene rings is 3. The van der Waals surface area contributed by atoms with E-state index in [0.29, 0.717) is 23.0 Å². The average Bonchev–Trinajstić information content (AvgIpc) is 3.49. The molecule has 0 saturated carbocycles. The second kappa shape index (κ2) is 10.6. The van der Waals surface area contributed by atoms with Crippen LogP contribution in [0.25, 0.3) is 0 Å². The molecule has 0 bridgehead atoms. The highest BCUT2D eigenvalue weighted by atomic mass is 32.2. The molecule has 0 fully saturated rings. The van der Waals surface area contributed by atoms with Gasteiger partial charge in [0.2, 0.25) is 5.91 Å². The second-order valence-corrected chi connectivity index (χ2v) is 10.0. The molecule has 2 heterocycles. The normalized spacial score (nSPS) is 19.0. The van der Waals surface area contributed by atoms with Crippen molar-refractivity contribution in [1.29, 1.82) is 0 Å². The standard InChI is InChI=1S/C28H25FN4O3S/c1-17-3-5-19(6-4-17)24-15-23(18-7-9-20(29)10-8-18)32-33(24)28-31-27(35)25(37-28)16-26(34)30-21-11-13-22(36-2)14-12-21/h3-14,24-25H,15-16H2,1-2H3,(H,30,34)/t24-,25+/m0/s1. The van der Waals surface area contributed by atoms with Gasteiger partial charge < -0.3 is 10.1 Å². The van der Waals surface area contributed by atoms with Crippen LogP contribution in [0.4, 0.5) is 10.1 Å². The molecule has 3 aromatic carbocycles. The van der Waals surface area contributed by atoms with Gasteiger partial charge in [-0.05, 0) is 54.4 Å². The number of nitrogens with one attached hydrogen (secondary N) is 1. The van der Waals surface area contributed by atoms with Gasteiger partial charge in [-0.2, -0.15) is 10.1 Å². The second-order valence-electron chi connectivity index (χ2n) is 8.85. The zero-order chi connectivity index (χ0) is 25.9. The van der Waals surface area contributed by atoms with E-state index in [9.17, 15) is 14.0 Å². The van der Waals surface area contributed by atoms with Crippen molar-refractivity contribution in [2.45, 2.75) is 31.1 Å². The number of carbonyl (C=O) groups excluding carboxylic acids is 2. The van der Waals surface area contributed by atoms with Crippen molar-refractivity contribution in [3.8, 4) is 5.75 Å². The van der Waals surface area contributed by atoms with E-state index in [1.165, 1.54) is 23.9 Å². The maximum absolute atomic E-state index is 13.5. The third-order valence-electron chi connectivity index (χ3n) is 6.22. The fraction of sp³-hybridized carbons (Fsp3) is 0.214. The van der Waals surface area contributed by atoms with Gasteiger partial charge in [-0.25, -0.2) is 9.40 Å². The highest BCUT2D eigenvalue weighted by Gasteiger charge is 2.39. The first-order valence-electron chi connectivity index (χ1n) is 11.8. The predicted octanol–water partition coefficient (Wildman–Crippen LogP) is 5.32. The number of methoxy groups -OCH3 is 1. The first kappa shape index (κ1) is 24.7. The van der Waals surface area contributed by atoms with Gasteiger partial charge >= 0.3 is 0 Å². The molecule has 0 saturated heterocycles. The molecule has 37 heavy (non-hydrogen) atoms. The quantitative estimate of drug-likeness (QED) is 0.480. The summed E-state index contributed by atoms with van der Waals surface area (Å²) in [6.07, 6.45) is 0.561. The molecule has 1 N–H and O–H groups in total. The Bertz CT molecular complexity index is 1370. The summed E-state index contributed by atoms with van der Waals surface area (Å²) < 4.78 is 18.6. The lowest BCUT2D eigenvalue weighted by molar-refractivity contribution is -0.121. The molecule has 2 aliphatic heterocycles. The monoisotopic (exact) mass is 516 g/mol. The van der Waals surface area contributed by atoms with Crippen molar-refractivity contribution in [2.24, 2.45) is 10.1 Å². The number of hydrazone groups is 1. The van der Waals surface area contributed by atoms with Gasteiger partial charge in [-0.3, -0.25) is 9.59 Å². The minimum atomic E-state index is -0.642. The summed E-state index contributed by atoms with van der Waals surface area (Å²) in [6, 6.07) is 21.2. The lowest BCUT2D eigenvalue weighted by Gasteiger charge is -2.23. The molecule has 2 amide bonds. The van der Waals surface area contributed by atoms with E-state index in [0.717, 1.165) is 22.4 Å². The Kier molecular flexibility index (Phi) is 7.05. The molecule has 0 spiro atoms. The van der Waals surface area contributed by atoms with Crippen molar-refractivity contribution >= 4 is 40.1 Å². The lowest BCUT2D eigenvalue weighted by atomic mass is 9.98. The van der Waals surface area contributed by atoms with Gasteiger partial charge in [0, 0.05) is 18.5 Å². The summed E-state index contributed by atoms with van der Waals surface area (Å²) in [5.41, 5.74) is 4.38. The summed E-state index contributed by atoms with van der Waals surface area (Å²) >= 11 is 1.24. The SMILES string of the molecule is COc1ccc(NC(=O)C[C@H]2SC(N3N=C(c4ccc(F)cc4)C[C@H]3c3ccc(C)cc3)=NC2=O)cc1. The van der Waals surface area contributed by atoms with Crippen LogP contribution in [0.1, 0.15) is 35.6 Å². The smallest absolute Gasteiger partial charge is 0.262 e. The summed E-state index contributed by atoms with van der Waals surface area (Å²) in [7, 11) is 1.57. The third-order valence-corrected chi connectivity index (χ3v) is 7.36. The molecule has 0 radical (unpaired) electrons. The van der Waals surface area contributed by atoms with Crippen LogP contribution < -0.4 is 10.1 Å². The first-order valence-corrected chi connectivity index (χ1v) is 12.7. The molecule has 5 rings (SSSR count). The molecule has 0 aromatic heterocycles. The molecule has 0 aliphatic carbocycles. The highest BCUT2D eigenvalue weighted by molar-refractivity contribution is 8.15. The number of thioether (sulfide) groups is 1. The zero-order valence-electron chi connectivity index (χ0n) is 20.3. The van der Waals surface area contributed by atoms with Crippen LogP contribution in [-0.4, -0.2) is 40.1 Å². The van der Waals surface area contributed by atoms with Crippen molar-refractivity contribution in [3.63, 3.8) is 0 Å². The fourth-order valence-corrected chi connectivity index (χ4v) is 5.27. The first-order chi connectivity index (χ1) is 17.9. The van der Waals surface area contributed by atoms with Crippen molar-refractivity contribution < 1.29 is 18.7 Å². The van der Waals surface area contributed by atoms with Crippen LogP contribution in [0.2, 0.25) is 0 Å². The minimum absolute atomic E-state index is 0.0138. The molecule has 2 aliphatic rings. The highest BCUT2D eigenvalue weighted by Crippen LogP contribution is 2.38. The summed E-state index contributed by atoms with van der Waals surface area (Å²) in [5.74, 6) is -0.268. The topological polar surface area (TPSA) is 83.4 Å².